The molecule has 1 N–H and O–H groups in total. The minimum Gasteiger partial charge on any atom is -0.475 e. The molecule has 0 atom stereocenters. The van der Waals surface area contributed by atoms with Crippen molar-refractivity contribution in [1.29, 1.82) is 0 Å². The van der Waals surface area contributed by atoms with Gasteiger partial charge in [0.25, 0.3) is 0 Å². The summed E-state index contributed by atoms with van der Waals surface area (Å²) in [5.74, 6) is 1.25. The number of guanidine groups is 1. The van der Waals surface area contributed by atoms with Crippen LogP contribution in [-0.4, -0.2) is 69.4 Å². The highest BCUT2D eigenvalue weighted by Gasteiger charge is 2.19. The maximum atomic E-state index is 13.1. The third-order valence-electron chi connectivity index (χ3n) is 4.77. The van der Waals surface area contributed by atoms with E-state index in [4.69, 9.17) is 9.47 Å². The Balaban J connectivity index is 1.46. The molecular formula is C21H28FN5O2. The zero-order valence-electron chi connectivity index (χ0n) is 17.0. The molecule has 2 heterocycles. The molecular weight excluding hydrogens is 373 g/mol. The quantitative estimate of drug-likeness (QED) is 0.436. The molecule has 0 spiro atoms. The van der Waals surface area contributed by atoms with Gasteiger partial charge in [0.2, 0.25) is 5.88 Å². The summed E-state index contributed by atoms with van der Waals surface area (Å²) in [5, 5.41) is 3.40. The van der Waals surface area contributed by atoms with Crippen molar-refractivity contribution in [3.63, 3.8) is 0 Å². The van der Waals surface area contributed by atoms with E-state index in [1.807, 2.05) is 24.3 Å². The second-order valence-corrected chi connectivity index (χ2v) is 6.70. The highest BCUT2D eigenvalue weighted by Crippen LogP contribution is 2.17. The minimum atomic E-state index is -0.207. The summed E-state index contributed by atoms with van der Waals surface area (Å²) in [5.41, 5.74) is 2.10. The van der Waals surface area contributed by atoms with Crippen LogP contribution >= 0.6 is 0 Å². The van der Waals surface area contributed by atoms with Crippen molar-refractivity contribution in [3.05, 3.63) is 54.0 Å². The number of halogens is 1. The first-order valence-corrected chi connectivity index (χ1v) is 9.72. The minimum absolute atomic E-state index is 0.207. The van der Waals surface area contributed by atoms with Gasteiger partial charge in [-0.25, -0.2) is 9.37 Å². The number of anilines is 1. The largest absolute Gasteiger partial charge is 0.475 e. The van der Waals surface area contributed by atoms with E-state index < -0.39 is 0 Å². The van der Waals surface area contributed by atoms with E-state index in [1.165, 1.54) is 12.1 Å². The maximum Gasteiger partial charge on any atom is 0.213 e. The number of methoxy groups -OCH3 is 1. The zero-order valence-corrected chi connectivity index (χ0v) is 17.0. The summed E-state index contributed by atoms with van der Waals surface area (Å²) in [6.45, 7) is 5.08. The first-order valence-electron chi connectivity index (χ1n) is 9.72. The molecule has 7 nitrogen and oxygen atoms in total. The molecule has 1 aliphatic heterocycles. The molecule has 0 radical (unpaired) electrons. The molecule has 0 bridgehead atoms. The molecule has 1 aromatic carbocycles. The second-order valence-electron chi connectivity index (χ2n) is 6.70. The number of ether oxygens (including phenoxy) is 2. The molecule has 0 amide bonds. The Kier molecular flexibility index (Phi) is 7.63. The van der Waals surface area contributed by atoms with Crippen LogP contribution in [0.2, 0.25) is 0 Å². The number of hydrogen-bond donors (Lipinski definition) is 1. The van der Waals surface area contributed by atoms with Crippen LogP contribution in [0.15, 0.2) is 47.6 Å². The van der Waals surface area contributed by atoms with Crippen molar-refractivity contribution in [3.8, 4) is 5.88 Å². The van der Waals surface area contributed by atoms with Gasteiger partial charge < -0.3 is 24.6 Å². The number of nitrogens with zero attached hydrogens (tertiary/aromatic N) is 4. The number of aromatic nitrogens is 1. The van der Waals surface area contributed by atoms with Crippen LogP contribution in [0.4, 0.5) is 10.1 Å². The van der Waals surface area contributed by atoms with Crippen molar-refractivity contribution in [2.45, 2.75) is 6.54 Å². The fourth-order valence-electron chi connectivity index (χ4n) is 3.17. The van der Waals surface area contributed by atoms with Gasteiger partial charge in [0.05, 0.1) is 6.61 Å². The molecule has 1 saturated heterocycles. The third kappa shape index (κ3) is 6.05. The molecule has 0 aliphatic carbocycles. The molecule has 2 aromatic rings. The predicted octanol–water partition coefficient (Wildman–Crippen LogP) is 2.14. The summed E-state index contributed by atoms with van der Waals surface area (Å²) in [6.07, 6.45) is 1.80. The van der Waals surface area contributed by atoms with Crippen LogP contribution in [0.1, 0.15) is 5.56 Å². The van der Waals surface area contributed by atoms with E-state index in [0.717, 1.165) is 43.4 Å². The molecule has 0 saturated carbocycles. The van der Waals surface area contributed by atoms with Gasteiger partial charge in [-0.05, 0) is 29.8 Å². The highest BCUT2D eigenvalue weighted by molar-refractivity contribution is 5.80. The Labute approximate surface area is 171 Å². The number of rotatable bonds is 7. The standard InChI is InChI=1S/C21H28FN5O2/c1-23-21(25-16-17-3-8-20(24-15-17)29-14-13-28-2)27-11-9-26(10-12-27)19-6-4-18(22)5-7-19/h3-8,15H,9-14,16H2,1-2H3,(H,23,25). The van der Waals surface area contributed by atoms with Gasteiger partial charge in [-0.15, -0.1) is 0 Å². The smallest absolute Gasteiger partial charge is 0.213 e. The number of nitrogens with one attached hydrogen (secondary N) is 1. The fraction of sp³-hybridized carbons (Fsp3) is 0.429. The normalized spacial score (nSPS) is 14.8. The highest BCUT2D eigenvalue weighted by atomic mass is 19.1. The predicted molar refractivity (Wildman–Crippen MR) is 112 cm³/mol. The summed E-state index contributed by atoms with van der Waals surface area (Å²) >= 11 is 0. The lowest BCUT2D eigenvalue weighted by atomic mass is 10.2. The molecule has 1 aromatic heterocycles. The van der Waals surface area contributed by atoms with Crippen molar-refractivity contribution in [2.24, 2.45) is 4.99 Å². The van der Waals surface area contributed by atoms with Crippen LogP contribution in [0.25, 0.3) is 0 Å². The van der Waals surface area contributed by atoms with E-state index in [2.05, 4.69) is 25.1 Å². The number of aliphatic imine (C=N–C) groups is 1. The SMILES string of the molecule is CN=C(NCc1ccc(OCCOC)nc1)N1CCN(c2ccc(F)cc2)CC1. The first kappa shape index (κ1) is 20.9. The van der Waals surface area contributed by atoms with Crippen molar-refractivity contribution >= 4 is 11.6 Å². The summed E-state index contributed by atoms with van der Waals surface area (Å²) < 4.78 is 23.6. The molecule has 1 fully saturated rings. The van der Waals surface area contributed by atoms with Crippen LogP contribution in [-0.2, 0) is 11.3 Å². The fourth-order valence-corrected chi connectivity index (χ4v) is 3.17. The van der Waals surface area contributed by atoms with Crippen molar-refractivity contribution < 1.29 is 13.9 Å². The molecule has 0 unspecified atom stereocenters. The average Bonchev–Trinajstić information content (AvgIpc) is 2.76. The lowest BCUT2D eigenvalue weighted by Gasteiger charge is -2.37. The average molecular weight is 401 g/mol. The Morgan fingerprint density at radius 3 is 2.48 bits per heavy atom. The van der Waals surface area contributed by atoms with Gasteiger partial charge in [0.15, 0.2) is 5.96 Å². The molecule has 29 heavy (non-hydrogen) atoms. The molecule has 8 heteroatoms. The van der Waals surface area contributed by atoms with Gasteiger partial charge in [0, 0.05) is 64.8 Å². The van der Waals surface area contributed by atoms with Crippen LogP contribution in [0.3, 0.4) is 0 Å². The van der Waals surface area contributed by atoms with Crippen LogP contribution in [0, 0.1) is 5.82 Å². The Morgan fingerprint density at radius 1 is 1.10 bits per heavy atom. The lowest BCUT2D eigenvalue weighted by molar-refractivity contribution is 0.143. The van der Waals surface area contributed by atoms with Gasteiger partial charge >= 0.3 is 0 Å². The van der Waals surface area contributed by atoms with E-state index in [9.17, 15) is 4.39 Å². The summed E-state index contributed by atoms with van der Waals surface area (Å²) in [6, 6.07) is 10.5. The summed E-state index contributed by atoms with van der Waals surface area (Å²) in [4.78, 5) is 13.2. The molecule has 3 rings (SSSR count). The lowest BCUT2D eigenvalue weighted by Crippen LogP contribution is -2.52. The van der Waals surface area contributed by atoms with E-state index >= 15 is 0 Å². The van der Waals surface area contributed by atoms with Gasteiger partial charge in [-0.1, -0.05) is 6.07 Å². The van der Waals surface area contributed by atoms with Gasteiger partial charge in [-0.2, -0.15) is 0 Å². The van der Waals surface area contributed by atoms with Gasteiger partial charge in [-0.3, -0.25) is 4.99 Å². The first-order chi connectivity index (χ1) is 14.2. The number of benzene rings is 1. The number of piperazine rings is 1. The Morgan fingerprint density at radius 2 is 1.86 bits per heavy atom. The topological polar surface area (TPSA) is 62.2 Å². The molecule has 1 aliphatic rings. The number of pyridine rings is 1. The van der Waals surface area contributed by atoms with E-state index in [0.29, 0.717) is 25.6 Å². The van der Waals surface area contributed by atoms with E-state index in [1.54, 1.807) is 20.4 Å². The second kappa shape index (κ2) is 10.6. The van der Waals surface area contributed by atoms with Crippen LogP contribution < -0.4 is 15.0 Å². The number of hydrogen-bond acceptors (Lipinski definition) is 5. The van der Waals surface area contributed by atoms with Crippen molar-refractivity contribution in [2.75, 3.05) is 58.5 Å². The Bertz CT molecular complexity index is 775. The molecule has 156 valence electrons. The summed E-state index contributed by atoms with van der Waals surface area (Å²) in [7, 11) is 3.43. The van der Waals surface area contributed by atoms with Gasteiger partial charge in [0.1, 0.15) is 12.4 Å². The third-order valence-corrected chi connectivity index (χ3v) is 4.77. The maximum absolute atomic E-state index is 13.1. The van der Waals surface area contributed by atoms with Crippen LogP contribution in [0.5, 0.6) is 5.88 Å². The van der Waals surface area contributed by atoms with Crippen molar-refractivity contribution in [1.82, 2.24) is 15.2 Å². The Hall–Kier alpha value is -2.87. The monoisotopic (exact) mass is 401 g/mol. The zero-order chi connectivity index (χ0) is 20.5. The van der Waals surface area contributed by atoms with E-state index in [-0.39, 0.29) is 5.82 Å².